The molecule has 0 saturated heterocycles. The Kier molecular flexibility index (Phi) is 4.48. The molecule has 0 saturated carbocycles. The second-order valence-corrected chi connectivity index (χ2v) is 5.12. The number of rotatable bonds is 4. The molecule has 1 unspecified atom stereocenters. The van der Waals surface area contributed by atoms with Crippen molar-refractivity contribution in [3.8, 4) is 5.75 Å². The first-order valence-electron chi connectivity index (χ1n) is 6.40. The van der Waals surface area contributed by atoms with Gasteiger partial charge in [0.15, 0.2) is 0 Å². The number of allylic oxidation sites excluding steroid dienone is 1. The summed E-state index contributed by atoms with van der Waals surface area (Å²) in [7, 11) is 1.66. The molecule has 1 amide bonds. The van der Waals surface area contributed by atoms with Crippen LogP contribution in [0.1, 0.15) is 36.8 Å². The number of benzene rings is 1. The van der Waals surface area contributed by atoms with Gasteiger partial charge in [0.2, 0.25) is 5.91 Å². The molecule has 1 atom stereocenters. The van der Waals surface area contributed by atoms with Crippen molar-refractivity contribution in [2.45, 2.75) is 25.7 Å². The van der Waals surface area contributed by atoms with Gasteiger partial charge in [-0.05, 0) is 48.1 Å². The zero-order valence-corrected chi connectivity index (χ0v) is 12.0. The van der Waals surface area contributed by atoms with Crippen LogP contribution in [-0.2, 0) is 4.79 Å². The Labute approximate surface area is 118 Å². The van der Waals surface area contributed by atoms with Crippen molar-refractivity contribution in [2.24, 2.45) is 0 Å². The maximum atomic E-state index is 10.9. The summed E-state index contributed by atoms with van der Waals surface area (Å²) < 4.78 is 5.27. The predicted octanol–water partition coefficient (Wildman–Crippen LogP) is 3.29. The van der Waals surface area contributed by atoms with Gasteiger partial charge >= 0.3 is 0 Å². The third kappa shape index (κ3) is 3.29. The fraction of sp³-hybridized carbons (Fsp3) is 0.400. The van der Waals surface area contributed by atoms with Crippen molar-refractivity contribution in [2.75, 3.05) is 13.7 Å². The van der Waals surface area contributed by atoms with E-state index in [-0.39, 0.29) is 5.91 Å². The number of hydrogen-bond acceptors (Lipinski definition) is 2. The first-order valence-corrected chi connectivity index (χ1v) is 6.78. The average Bonchev–Trinajstić information content (AvgIpc) is 2.40. The van der Waals surface area contributed by atoms with Crippen LogP contribution in [0.3, 0.4) is 0 Å². The lowest BCUT2D eigenvalue weighted by Crippen LogP contribution is -2.23. The van der Waals surface area contributed by atoms with Crippen LogP contribution in [0.2, 0.25) is 0 Å². The first-order chi connectivity index (χ1) is 9.11. The van der Waals surface area contributed by atoms with E-state index in [0.29, 0.717) is 12.5 Å². The van der Waals surface area contributed by atoms with Gasteiger partial charge in [-0.1, -0.05) is 17.7 Å². The Morgan fingerprint density at radius 1 is 1.53 bits per heavy atom. The molecule has 4 heteroatoms. The number of carbonyl (C=O) groups excluding carboxylic acids is 1. The Bertz CT molecular complexity index is 511. The Morgan fingerprint density at radius 3 is 3.00 bits per heavy atom. The molecule has 0 radical (unpaired) electrons. The molecule has 2 rings (SSSR count). The van der Waals surface area contributed by atoms with Crippen molar-refractivity contribution in [1.29, 1.82) is 0 Å². The van der Waals surface area contributed by atoms with Crippen LogP contribution in [0.4, 0.5) is 0 Å². The predicted molar refractivity (Wildman–Crippen MR) is 77.5 cm³/mol. The van der Waals surface area contributed by atoms with E-state index in [1.807, 2.05) is 18.2 Å². The molecule has 0 aliphatic heterocycles. The Morgan fingerprint density at radius 2 is 2.32 bits per heavy atom. The van der Waals surface area contributed by atoms with E-state index >= 15 is 0 Å². The minimum atomic E-state index is 0.00949. The maximum Gasteiger partial charge on any atom is 0.216 e. The molecule has 0 fully saturated rings. The van der Waals surface area contributed by atoms with Crippen molar-refractivity contribution < 1.29 is 9.53 Å². The zero-order valence-electron chi connectivity index (χ0n) is 11.2. The number of fused-ring (bicyclic) bond motifs is 1. The summed E-state index contributed by atoms with van der Waals surface area (Å²) in [4.78, 5) is 10.9. The number of hydrogen-bond donors (Lipinski definition) is 1. The highest BCUT2D eigenvalue weighted by atomic mass is 35.5. The largest absolute Gasteiger partial charge is 0.497 e. The van der Waals surface area contributed by atoms with Crippen LogP contribution in [0.5, 0.6) is 5.75 Å². The van der Waals surface area contributed by atoms with Crippen LogP contribution >= 0.6 is 11.6 Å². The number of methoxy groups -OCH3 is 1. The average molecular weight is 280 g/mol. The summed E-state index contributed by atoms with van der Waals surface area (Å²) in [5, 5.41) is 3.64. The van der Waals surface area contributed by atoms with Gasteiger partial charge in [0.05, 0.1) is 7.11 Å². The fourth-order valence-electron chi connectivity index (χ4n) is 2.40. The van der Waals surface area contributed by atoms with Gasteiger partial charge in [0, 0.05) is 18.5 Å². The van der Waals surface area contributed by atoms with Gasteiger partial charge in [-0.25, -0.2) is 0 Å². The van der Waals surface area contributed by atoms with E-state index in [1.54, 1.807) is 7.11 Å². The smallest absolute Gasteiger partial charge is 0.216 e. The van der Waals surface area contributed by atoms with E-state index in [1.165, 1.54) is 12.5 Å². The molecular formula is C15H18ClNO2. The second-order valence-electron chi connectivity index (χ2n) is 4.71. The van der Waals surface area contributed by atoms with Gasteiger partial charge in [0.1, 0.15) is 5.75 Å². The summed E-state index contributed by atoms with van der Waals surface area (Å²) in [6, 6.07) is 5.96. The van der Waals surface area contributed by atoms with Crippen LogP contribution in [0.25, 0.3) is 5.03 Å². The van der Waals surface area contributed by atoms with Crippen molar-refractivity contribution in [1.82, 2.24) is 5.32 Å². The van der Waals surface area contributed by atoms with Gasteiger partial charge in [-0.2, -0.15) is 0 Å². The lowest BCUT2D eigenvalue weighted by molar-refractivity contribution is -0.118. The van der Waals surface area contributed by atoms with E-state index < -0.39 is 0 Å². The molecule has 1 N–H and O–H groups in total. The Balaban J connectivity index is 2.18. The highest BCUT2D eigenvalue weighted by Gasteiger charge is 2.21. The van der Waals surface area contributed by atoms with Crippen molar-refractivity contribution >= 4 is 22.5 Å². The number of halogens is 1. The molecule has 1 aliphatic rings. The molecule has 0 heterocycles. The summed E-state index contributed by atoms with van der Waals surface area (Å²) in [5.74, 6) is 1.23. The van der Waals surface area contributed by atoms with E-state index in [0.717, 1.165) is 29.2 Å². The van der Waals surface area contributed by atoms with Crippen LogP contribution in [-0.4, -0.2) is 19.6 Å². The molecule has 0 bridgehead atoms. The summed E-state index contributed by atoms with van der Waals surface area (Å²) in [5.41, 5.74) is 2.28. The van der Waals surface area contributed by atoms with E-state index in [4.69, 9.17) is 16.3 Å². The van der Waals surface area contributed by atoms with Crippen LogP contribution < -0.4 is 10.1 Å². The van der Waals surface area contributed by atoms with E-state index in [2.05, 4.69) is 11.4 Å². The highest BCUT2D eigenvalue weighted by Crippen LogP contribution is 2.39. The lowest BCUT2D eigenvalue weighted by Gasteiger charge is -2.24. The third-order valence-electron chi connectivity index (χ3n) is 3.40. The monoisotopic (exact) mass is 279 g/mol. The standard InChI is InChI=1S/C15H18ClNO2/c1-10(18)17-8-7-11-3-6-15(16)13-5-4-12(19-2)9-14(11)13/h4-6,9,11H,3,7-8H2,1-2H3,(H,17,18). The van der Waals surface area contributed by atoms with Crippen LogP contribution in [0, 0.1) is 0 Å². The van der Waals surface area contributed by atoms with Crippen molar-refractivity contribution in [3.05, 3.63) is 35.4 Å². The third-order valence-corrected chi connectivity index (χ3v) is 3.76. The van der Waals surface area contributed by atoms with Gasteiger partial charge in [-0.15, -0.1) is 0 Å². The molecule has 0 spiro atoms. The SMILES string of the molecule is COc1ccc2c(c1)C(CCNC(C)=O)CC=C2Cl. The Hall–Kier alpha value is -1.48. The van der Waals surface area contributed by atoms with Gasteiger partial charge in [-0.3, -0.25) is 4.79 Å². The van der Waals surface area contributed by atoms with E-state index in [9.17, 15) is 4.79 Å². The van der Waals surface area contributed by atoms with Crippen molar-refractivity contribution in [3.63, 3.8) is 0 Å². The molecule has 102 valence electrons. The van der Waals surface area contributed by atoms with Gasteiger partial charge in [0.25, 0.3) is 0 Å². The lowest BCUT2D eigenvalue weighted by atomic mass is 9.84. The highest BCUT2D eigenvalue weighted by molar-refractivity contribution is 6.49. The number of nitrogens with one attached hydrogen (secondary N) is 1. The quantitative estimate of drug-likeness (QED) is 0.918. The molecule has 19 heavy (non-hydrogen) atoms. The molecule has 1 aromatic rings. The zero-order chi connectivity index (χ0) is 13.8. The van der Waals surface area contributed by atoms with Gasteiger partial charge < -0.3 is 10.1 Å². The maximum absolute atomic E-state index is 10.9. The number of amides is 1. The van der Waals surface area contributed by atoms with Crippen LogP contribution in [0.15, 0.2) is 24.3 Å². The molecule has 3 nitrogen and oxygen atoms in total. The number of carbonyl (C=O) groups is 1. The fourth-order valence-corrected chi connectivity index (χ4v) is 2.66. The second kappa shape index (κ2) is 6.11. The minimum Gasteiger partial charge on any atom is -0.497 e. The first kappa shape index (κ1) is 13.9. The topological polar surface area (TPSA) is 38.3 Å². The summed E-state index contributed by atoms with van der Waals surface area (Å²) >= 11 is 6.24. The summed E-state index contributed by atoms with van der Waals surface area (Å²) in [6.45, 7) is 2.22. The molecule has 1 aliphatic carbocycles. The minimum absolute atomic E-state index is 0.00949. The molecule has 1 aromatic carbocycles. The normalized spacial score (nSPS) is 17.4. The molecular weight excluding hydrogens is 262 g/mol. The number of ether oxygens (including phenoxy) is 1. The summed E-state index contributed by atoms with van der Waals surface area (Å²) in [6.07, 6.45) is 3.85. The molecule has 0 aromatic heterocycles.